The van der Waals surface area contributed by atoms with Crippen LogP contribution in [0.4, 0.5) is 16.2 Å². The molecule has 3 N–H and O–H groups in total. The Hall–Kier alpha value is -3.60. The number of urea groups is 1. The van der Waals surface area contributed by atoms with Crippen LogP contribution in [0, 0.1) is 12.8 Å². The van der Waals surface area contributed by atoms with Crippen LogP contribution in [0.15, 0.2) is 66.7 Å². The number of rotatable bonds is 5. The molecule has 2 amide bonds. The molecule has 3 aromatic carbocycles. The Morgan fingerprint density at radius 2 is 1.65 bits per heavy atom. The van der Waals surface area contributed by atoms with Gasteiger partial charge < -0.3 is 15.7 Å². The van der Waals surface area contributed by atoms with E-state index in [9.17, 15) is 9.59 Å². The molecule has 5 nitrogen and oxygen atoms in total. The summed E-state index contributed by atoms with van der Waals surface area (Å²) in [7, 11) is 0. The van der Waals surface area contributed by atoms with Crippen molar-refractivity contribution in [2.45, 2.75) is 32.6 Å². The van der Waals surface area contributed by atoms with Crippen molar-refractivity contribution in [3.63, 3.8) is 0 Å². The Morgan fingerprint density at radius 3 is 2.39 bits per heavy atom. The maximum atomic E-state index is 12.2. The van der Waals surface area contributed by atoms with Gasteiger partial charge in [-0.2, -0.15) is 0 Å². The van der Waals surface area contributed by atoms with Gasteiger partial charge in [-0.05, 0) is 84.2 Å². The highest BCUT2D eigenvalue weighted by Gasteiger charge is 2.21. The number of amides is 2. The van der Waals surface area contributed by atoms with Gasteiger partial charge in [0.1, 0.15) is 0 Å². The molecule has 158 valence electrons. The Kier molecular flexibility index (Phi) is 6.03. The number of benzene rings is 3. The third-order valence-corrected chi connectivity index (χ3v) is 5.75. The second-order valence-electron chi connectivity index (χ2n) is 8.22. The van der Waals surface area contributed by atoms with E-state index in [1.165, 1.54) is 11.1 Å². The Morgan fingerprint density at radius 1 is 0.903 bits per heavy atom. The predicted octanol–water partition coefficient (Wildman–Crippen LogP) is 5.89. The van der Waals surface area contributed by atoms with E-state index in [4.69, 9.17) is 5.11 Å². The molecule has 0 spiro atoms. The van der Waals surface area contributed by atoms with Crippen LogP contribution in [0.25, 0.3) is 11.1 Å². The highest BCUT2D eigenvalue weighted by molar-refractivity contribution is 5.99. The number of hydrogen-bond donors (Lipinski definition) is 3. The molecule has 0 heterocycles. The van der Waals surface area contributed by atoms with Gasteiger partial charge in [-0.1, -0.05) is 42.5 Å². The number of carbonyl (C=O) groups is 2. The monoisotopic (exact) mass is 414 g/mol. The summed E-state index contributed by atoms with van der Waals surface area (Å²) in [4.78, 5) is 23.2. The number of carbonyl (C=O) groups excluding carboxylic acids is 1. The number of nitrogens with one attached hydrogen (secondary N) is 2. The van der Waals surface area contributed by atoms with Crippen LogP contribution in [0.3, 0.4) is 0 Å². The second kappa shape index (κ2) is 9.04. The molecule has 0 aliphatic heterocycles. The number of fused-ring (bicyclic) bond motifs is 1. The number of carboxylic acids is 1. The highest BCUT2D eigenvalue weighted by atomic mass is 16.4. The minimum atomic E-state index is -0.716. The van der Waals surface area contributed by atoms with Crippen molar-refractivity contribution in [3.8, 4) is 11.1 Å². The van der Waals surface area contributed by atoms with E-state index in [1.54, 1.807) is 0 Å². The molecule has 31 heavy (non-hydrogen) atoms. The number of aryl methyl sites for hydroxylation is 2. The molecule has 0 aromatic heterocycles. The number of anilines is 2. The quantitative estimate of drug-likeness (QED) is 0.487. The summed E-state index contributed by atoms with van der Waals surface area (Å²) in [6.07, 6.45) is 2.91. The SMILES string of the molecule is Cc1cccc(NC(=O)Nc2ccc(-c3ccc4c(c3)CCC(CC(=O)O)C4)cc2)c1. The fraction of sp³-hybridized carbons (Fsp3) is 0.231. The molecular weight excluding hydrogens is 388 g/mol. The van der Waals surface area contributed by atoms with E-state index in [-0.39, 0.29) is 18.4 Å². The third kappa shape index (κ3) is 5.31. The summed E-state index contributed by atoms with van der Waals surface area (Å²) < 4.78 is 0. The summed E-state index contributed by atoms with van der Waals surface area (Å²) in [6.45, 7) is 1.98. The van der Waals surface area contributed by atoms with Crippen LogP contribution in [-0.4, -0.2) is 17.1 Å². The molecule has 1 atom stereocenters. The molecule has 0 bridgehead atoms. The largest absolute Gasteiger partial charge is 0.481 e. The summed E-state index contributed by atoms with van der Waals surface area (Å²) in [5.74, 6) is -0.488. The molecule has 0 radical (unpaired) electrons. The minimum absolute atomic E-state index is 0.229. The normalized spacial score (nSPS) is 15.1. The Balaban J connectivity index is 1.40. The lowest BCUT2D eigenvalue weighted by Gasteiger charge is -2.24. The smallest absolute Gasteiger partial charge is 0.323 e. The van der Waals surface area contributed by atoms with E-state index in [0.717, 1.165) is 47.3 Å². The predicted molar refractivity (Wildman–Crippen MR) is 123 cm³/mol. The van der Waals surface area contributed by atoms with Crippen LogP contribution in [0.1, 0.15) is 29.5 Å². The average molecular weight is 415 g/mol. The zero-order valence-corrected chi connectivity index (χ0v) is 17.5. The van der Waals surface area contributed by atoms with Crippen molar-refractivity contribution in [2.75, 3.05) is 10.6 Å². The zero-order chi connectivity index (χ0) is 21.8. The standard InChI is InChI=1S/C26H26N2O3/c1-17-3-2-4-24(13-17)28-26(31)27-23-11-9-19(10-12-23)21-8-7-20-14-18(15-25(29)30)5-6-22(20)16-21/h2-4,7-13,16,18H,5-6,14-15H2,1H3,(H,29,30)(H2,27,28,31). The number of hydrogen-bond acceptors (Lipinski definition) is 2. The summed E-state index contributed by atoms with van der Waals surface area (Å²) in [5.41, 5.74) is 7.35. The Bertz CT molecular complexity index is 1110. The van der Waals surface area contributed by atoms with Crippen LogP contribution >= 0.6 is 0 Å². The second-order valence-corrected chi connectivity index (χ2v) is 8.22. The molecule has 1 aliphatic carbocycles. The molecule has 1 unspecified atom stereocenters. The van der Waals surface area contributed by atoms with E-state index in [1.807, 2.05) is 55.5 Å². The van der Waals surface area contributed by atoms with E-state index >= 15 is 0 Å². The number of carboxylic acid groups (broad SMARTS) is 1. The van der Waals surface area contributed by atoms with Crippen LogP contribution < -0.4 is 10.6 Å². The van der Waals surface area contributed by atoms with Gasteiger partial charge in [0.2, 0.25) is 0 Å². The molecule has 1 aliphatic rings. The number of aliphatic carboxylic acids is 1. The average Bonchev–Trinajstić information content (AvgIpc) is 2.73. The first-order valence-corrected chi connectivity index (χ1v) is 10.5. The first-order chi connectivity index (χ1) is 15.0. The van der Waals surface area contributed by atoms with Gasteiger partial charge in [-0.15, -0.1) is 0 Å². The summed E-state index contributed by atoms with van der Waals surface area (Å²) >= 11 is 0. The van der Waals surface area contributed by atoms with Crippen molar-refractivity contribution in [1.29, 1.82) is 0 Å². The van der Waals surface area contributed by atoms with Crippen LogP contribution in [-0.2, 0) is 17.6 Å². The molecule has 4 rings (SSSR count). The van der Waals surface area contributed by atoms with Crippen LogP contribution in [0.2, 0.25) is 0 Å². The summed E-state index contributed by atoms with van der Waals surface area (Å²) in [5, 5.41) is 14.7. The third-order valence-electron chi connectivity index (χ3n) is 5.75. The molecule has 0 fully saturated rings. The Labute approximate surface area is 182 Å². The van der Waals surface area contributed by atoms with Gasteiger partial charge in [-0.25, -0.2) is 4.79 Å². The maximum Gasteiger partial charge on any atom is 0.323 e. The molecule has 5 heteroatoms. The fourth-order valence-electron chi connectivity index (χ4n) is 4.19. The van der Waals surface area contributed by atoms with Crippen molar-refractivity contribution in [2.24, 2.45) is 5.92 Å². The maximum absolute atomic E-state index is 12.2. The van der Waals surface area contributed by atoms with Gasteiger partial charge in [0.15, 0.2) is 0 Å². The van der Waals surface area contributed by atoms with E-state index in [0.29, 0.717) is 0 Å². The molecule has 0 saturated heterocycles. The molecule has 0 saturated carbocycles. The lowest BCUT2D eigenvalue weighted by molar-refractivity contribution is -0.138. The van der Waals surface area contributed by atoms with Crippen molar-refractivity contribution in [1.82, 2.24) is 0 Å². The summed E-state index contributed by atoms with van der Waals surface area (Å²) in [6, 6.07) is 21.6. The first kappa shape index (κ1) is 20.7. The minimum Gasteiger partial charge on any atom is -0.481 e. The van der Waals surface area contributed by atoms with E-state index in [2.05, 4.69) is 28.8 Å². The van der Waals surface area contributed by atoms with Crippen LogP contribution in [0.5, 0.6) is 0 Å². The highest BCUT2D eigenvalue weighted by Crippen LogP contribution is 2.31. The fourth-order valence-corrected chi connectivity index (χ4v) is 4.19. The lowest BCUT2D eigenvalue weighted by atomic mass is 9.81. The van der Waals surface area contributed by atoms with Gasteiger partial charge in [-0.3, -0.25) is 4.79 Å². The lowest BCUT2D eigenvalue weighted by Crippen LogP contribution is -2.19. The first-order valence-electron chi connectivity index (χ1n) is 10.5. The van der Waals surface area contributed by atoms with Gasteiger partial charge in [0, 0.05) is 17.8 Å². The van der Waals surface area contributed by atoms with Gasteiger partial charge in [0.05, 0.1) is 0 Å². The van der Waals surface area contributed by atoms with Crippen molar-refractivity contribution >= 4 is 23.4 Å². The van der Waals surface area contributed by atoms with Crippen molar-refractivity contribution in [3.05, 3.63) is 83.4 Å². The van der Waals surface area contributed by atoms with E-state index < -0.39 is 5.97 Å². The van der Waals surface area contributed by atoms with Gasteiger partial charge in [0.25, 0.3) is 0 Å². The van der Waals surface area contributed by atoms with Crippen molar-refractivity contribution < 1.29 is 14.7 Å². The zero-order valence-electron chi connectivity index (χ0n) is 17.5. The van der Waals surface area contributed by atoms with Gasteiger partial charge >= 0.3 is 12.0 Å². The topological polar surface area (TPSA) is 78.4 Å². The molecule has 3 aromatic rings. The molecular formula is C26H26N2O3.